The third kappa shape index (κ3) is 3.93. The molecule has 4 heteroatoms. The average molecular weight is 264 g/mol. The molecular formula is C15H24N2O2. The van der Waals surface area contributed by atoms with Crippen LogP contribution in [0.3, 0.4) is 0 Å². The molecule has 0 spiro atoms. The number of ether oxygens (including phenoxy) is 1. The quantitative estimate of drug-likeness (QED) is 0.781. The second-order valence-corrected chi connectivity index (χ2v) is 5.04. The fourth-order valence-electron chi connectivity index (χ4n) is 2.56. The van der Waals surface area contributed by atoms with Crippen molar-refractivity contribution >= 4 is 5.69 Å². The summed E-state index contributed by atoms with van der Waals surface area (Å²) < 4.78 is 5.08. The summed E-state index contributed by atoms with van der Waals surface area (Å²) in [5, 5.41) is 12.6. The first-order chi connectivity index (χ1) is 9.35. The van der Waals surface area contributed by atoms with Crippen molar-refractivity contribution in [2.45, 2.75) is 25.4 Å². The van der Waals surface area contributed by atoms with Gasteiger partial charge in [0.05, 0.1) is 19.3 Å². The van der Waals surface area contributed by atoms with Crippen LogP contribution in [-0.4, -0.2) is 44.6 Å². The molecule has 1 saturated heterocycles. The average Bonchev–Trinajstić information content (AvgIpc) is 2.98. The summed E-state index contributed by atoms with van der Waals surface area (Å²) in [5.41, 5.74) is 2.61. The Balaban J connectivity index is 1.99. The van der Waals surface area contributed by atoms with E-state index in [0.717, 1.165) is 19.6 Å². The molecule has 1 aromatic carbocycles. The SMILES string of the molecule is COCC(CO)NCc1ccccc1N1CCCC1. The van der Waals surface area contributed by atoms with Gasteiger partial charge in [-0.1, -0.05) is 18.2 Å². The predicted molar refractivity (Wildman–Crippen MR) is 77.5 cm³/mol. The van der Waals surface area contributed by atoms with Gasteiger partial charge >= 0.3 is 0 Å². The number of hydrogen-bond acceptors (Lipinski definition) is 4. The Morgan fingerprint density at radius 1 is 1.32 bits per heavy atom. The topological polar surface area (TPSA) is 44.7 Å². The van der Waals surface area contributed by atoms with Crippen molar-refractivity contribution in [1.29, 1.82) is 0 Å². The predicted octanol–water partition coefficient (Wildman–Crippen LogP) is 1.38. The zero-order valence-corrected chi connectivity index (χ0v) is 11.6. The normalized spacial score (nSPS) is 16.8. The van der Waals surface area contributed by atoms with Gasteiger partial charge in [0.25, 0.3) is 0 Å². The molecule has 1 unspecified atom stereocenters. The fourth-order valence-corrected chi connectivity index (χ4v) is 2.56. The number of benzene rings is 1. The van der Waals surface area contributed by atoms with Gasteiger partial charge in [0.15, 0.2) is 0 Å². The third-order valence-electron chi connectivity index (χ3n) is 3.61. The van der Waals surface area contributed by atoms with E-state index in [1.807, 2.05) is 0 Å². The number of methoxy groups -OCH3 is 1. The summed E-state index contributed by atoms with van der Waals surface area (Å²) in [7, 11) is 1.66. The van der Waals surface area contributed by atoms with E-state index in [1.165, 1.54) is 24.1 Å². The molecule has 0 aliphatic carbocycles. The van der Waals surface area contributed by atoms with Crippen LogP contribution in [-0.2, 0) is 11.3 Å². The second-order valence-electron chi connectivity index (χ2n) is 5.04. The summed E-state index contributed by atoms with van der Waals surface area (Å²) in [5.74, 6) is 0. The molecule has 0 saturated carbocycles. The maximum atomic E-state index is 9.26. The largest absolute Gasteiger partial charge is 0.395 e. The lowest BCUT2D eigenvalue weighted by atomic mass is 10.1. The van der Waals surface area contributed by atoms with Gasteiger partial charge < -0.3 is 20.1 Å². The van der Waals surface area contributed by atoms with Crippen LogP contribution >= 0.6 is 0 Å². The van der Waals surface area contributed by atoms with Crippen LogP contribution in [0.2, 0.25) is 0 Å². The van der Waals surface area contributed by atoms with Crippen LogP contribution in [0.1, 0.15) is 18.4 Å². The Labute approximate surface area is 115 Å². The highest BCUT2D eigenvalue weighted by atomic mass is 16.5. The highest BCUT2D eigenvalue weighted by molar-refractivity contribution is 5.54. The molecule has 1 aliphatic heterocycles. The van der Waals surface area contributed by atoms with Crippen LogP contribution in [0.5, 0.6) is 0 Å². The van der Waals surface area contributed by atoms with Crippen molar-refractivity contribution in [1.82, 2.24) is 5.32 Å². The molecule has 0 radical (unpaired) electrons. The highest BCUT2D eigenvalue weighted by Crippen LogP contribution is 2.24. The molecule has 2 rings (SSSR count). The summed E-state index contributed by atoms with van der Waals surface area (Å²) in [6, 6.07) is 8.50. The molecule has 0 bridgehead atoms. The molecule has 1 atom stereocenters. The summed E-state index contributed by atoms with van der Waals surface area (Å²) >= 11 is 0. The smallest absolute Gasteiger partial charge is 0.0638 e. The number of hydrogen-bond donors (Lipinski definition) is 2. The lowest BCUT2D eigenvalue weighted by Gasteiger charge is -2.23. The van der Waals surface area contributed by atoms with Crippen molar-refractivity contribution in [3.8, 4) is 0 Å². The highest BCUT2D eigenvalue weighted by Gasteiger charge is 2.15. The lowest BCUT2D eigenvalue weighted by molar-refractivity contribution is 0.128. The first-order valence-electron chi connectivity index (χ1n) is 7.01. The van der Waals surface area contributed by atoms with E-state index in [4.69, 9.17) is 4.74 Å². The van der Waals surface area contributed by atoms with Crippen LogP contribution in [0.25, 0.3) is 0 Å². The van der Waals surface area contributed by atoms with Crippen LogP contribution in [0.15, 0.2) is 24.3 Å². The van der Waals surface area contributed by atoms with Crippen LogP contribution in [0.4, 0.5) is 5.69 Å². The van der Waals surface area contributed by atoms with E-state index in [2.05, 4.69) is 34.5 Å². The van der Waals surface area contributed by atoms with Gasteiger partial charge in [0.1, 0.15) is 0 Å². The summed E-state index contributed by atoms with van der Waals surface area (Å²) in [6.45, 7) is 3.69. The van der Waals surface area contributed by atoms with Crippen LogP contribution < -0.4 is 10.2 Å². The van der Waals surface area contributed by atoms with Gasteiger partial charge in [0, 0.05) is 32.4 Å². The second kappa shape index (κ2) is 7.48. The van der Waals surface area contributed by atoms with E-state index in [-0.39, 0.29) is 12.6 Å². The number of nitrogens with one attached hydrogen (secondary N) is 1. The minimum absolute atomic E-state index is 0.00312. The molecule has 0 amide bonds. The molecule has 4 nitrogen and oxygen atoms in total. The first-order valence-corrected chi connectivity index (χ1v) is 7.01. The molecule has 1 heterocycles. The Morgan fingerprint density at radius 2 is 2.05 bits per heavy atom. The molecule has 1 aliphatic rings. The molecule has 2 N–H and O–H groups in total. The third-order valence-corrected chi connectivity index (χ3v) is 3.61. The number of aliphatic hydroxyl groups excluding tert-OH is 1. The first kappa shape index (κ1) is 14.3. The Morgan fingerprint density at radius 3 is 2.74 bits per heavy atom. The van der Waals surface area contributed by atoms with Crippen molar-refractivity contribution in [2.75, 3.05) is 38.3 Å². The number of para-hydroxylation sites is 1. The maximum Gasteiger partial charge on any atom is 0.0638 e. The zero-order chi connectivity index (χ0) is 13.5. The fraction of sp³-hybridized carbons (Fsp3) is 0.600. The monoisotopic (exact) mass is 264 g/mol. The number of rotatable bonds is 7. The standard InChI is InChI=1S/C15H24N2O2/c1-19-12-14(11-18)16-10-13-6-2-3-7-15(13)17-8-4-5-9-17/h2-3,6-7,14,16,18H,4-5,8-12H2,1H3. The summed E-state index contributed by atoms with van der Waals surface area (Å²) in [4.78, 5) is 2.45. The number of anilines is 1. The van der Waals surface area contributed by atoms with Crippen molar-refractivity contribution in [2.24, 2.45) is 0 Å². The minimum atomic E-state index is -0.00312. The van der Waals surface area contributed by atoms with E-state index in [0.29, 0.717) is 6.61 Å². The molecule has 106 valence electrons. The Kier molecular flexibility index (Phi) is 5.63. The maximum absolute atomic E-state index is 9.26. The lowest BCUT2D eigenvalue weighted by Crippen LogP contribution is -2.36. The van der Waals surface area contributed by atoms with Crippen molar-refractivity contribution in [3.05, 3.63) is 29.8 Å². The van der Waals surface area contributed by atoms with E-state index in [9.17, 15) is 5.11 Å². The van der Waals surface area contributed by atoms with Gasteiger partial charge in [-0.3, -0.25) is 0 Å². The molecule has 1 fully saturated rings. The van der Waals surface area contributed by atoms with Gasteiger partial charge in [-0.05, 0) is 24.5 Å². The Hall–Kier alpha value is -1.10. The van der Waals surface area contributed by atoms with E-state index in [1.54, 1.807) is 7.11 Å². The number of nitrogens with zero attached hydrogens (tertiary/aromatic N) is 1. The van der Waals surface area contributed by atoms with Crippen molar-refractivity contribution in [3.63, 3.8) is 0 Å². The number of aliphatic hydroxyl groups is 1. The van der Waals surface area contributed by atoms with Gasteiger partial charge in [-0.25, -0.2) is 0 Å². The summed E-state index contributed by atoms with van der Waals surface area (Å²) in [6.07, 6.45) is 2.56. The van der Waals surface area contributed by atoms with Crippen molar-refractivity contribution < 1.29 is 9.84 Å². The molecule has 0 aromatic heterocycles. The van der Waals surface area contributed by atoms with Gasteiger partial charge in [0.2, 0.25) is 0 Å². The molecule has 1 aromatic rings. The minimum Gasteiger partial charge on any atom is -0.395 e. The molecule has 19 heavy (non-hydrogen) atoms. The van der Waals surface area contributed by atoms with Crippen LogP contribution in [0, 0.1) is 0 Å². The molecular weight excluding hydrogens is 240 g/mol. The van der Waals surface area contributed by atoms with Gasteiger partial charge in [-0.2, -0.15) is 0 Å². The van der Waals surface area contributed by atoms with E-state index < -0.39 is 0 Å². The van der Waals surface area contributed by atoms with E-state index >= 15 is 0 Å². The van der Waals surface area contributed by atoms with Gasteiger partial charge in [-0.15, -0.1) is 0 Å². The zero-order valence-electron chi connectivity index (χ0n) is 11.6. The Bertz CT molecular complexity index is 378.